The number of aryl methyl sites for hydroxylation is 1. The van der Waals surface area contributed by atoms with Gasteiger partial charge in [-0.2, -0.15) is 18.4 Å². The van der Waals surface area contributed by atoms with E-state index in [2.05, 4.69) is 27.0 Å². The molecule has 0 radical (unpaired) electrons. The fourth-order valence-electron chi connectivity index (χ4n) is 4.19. The molecule has 0 saturated carbocycles. The van der Waals surface area contributed by atoms with Gasteiger partial charge in [0, 0.05) is 17.9 Å². The number of alkyl halides is 3. The molecular formula is C26H21F4N7O. The minimum absolute atomic E-state index is 0.0651. The smallest absolute Gasteiger partial charge is 0.382 e. The van der Waals surface area contributed by atoms with Crippen LogP contribution in [0.4, 0.5) is 34.9 Å². The second kappa shape index (κ2) is 10.7. The lowest BCUT2D eigenvalue weighted by atomic mass is 10.1. The van der Waals surface area contributed by atoms with Crippen molar-refractivity contribution in [1.82, 2.24) is 15.2 Å². The van der Waals surface area contributed by atoms with Gasteiger partial charge in [0.2, 0.25) is 0 Å². The Morgan fingerprint density at radius 3 is 2.58 bits per heavy atom. The van der Waals surface area contributed by atoms with Gasteiger partial charge in [0.15, 0.2) is 0 Å². The van der Waals surface area contributed by atoms with E-state index in [1.165, 1.54) is 47.1 Å². The summed E-state index contributed by atoms with van der Waals surface area (Å²) in [7, 11) is 0. The highest BCUT2D eigenvalue weighted by atomic mass is 19.4. The summed E-state index contributed by atoms with van der Waals surface area (Å²) in [4.78, 5) is 20.8. The highest BCUT2D eigenvalue weighted by Gasteiger charge is 2.40. The van der Waals surface area contributed by atoms with Gasteiger partial charge >= 0.3 is 6.18 Å². The summed E-state index contributed by atoms with van der Waals surface area (Å²) in [5.74, 6) is 4.65. The molecule has 0 bridgehead atoms. The first kappa shape index (κ1) is 26.4. The fraction of sp³-hybridized carbons (Fsp3) is 0.269. The summed E-state index contributed by atoms with van der Waals surface area (Å²) in [5, 5.41) is 17.2. The van der Waals surface area contributed by atoms with E-state index in [1.807, 2.05) is 0 Å². The highest BCUT2D eigenvalue weighted by molar-refractivity contribution is 6.00. The van der Waals surface area contributed by atoms with Crippen LogP contribution in [0.5, 0.6) is 0 Å². The Bertz CT molecular complexity index is 1440. The van der Waals surface area contributed by atoms with E-state index in [4.69, 9.17) is 5.73 Å². The van der Waals surface area contributed by atoms with E-state index in [1.54, 1.807) is 12.1 Å². The van der Waals surface area contributed by atoms with Crippen LogP contribution in [0, 0.1) is 35.9 Å². The van der Waals surface area contributed by atoms with Gasteiger partial charge < -0.3 is 10.6 Å². The zero-order chi connectivity index (χ0) is 27.4. The van der Waals surface area contributed by atoms with Gasteiger partial charge in [-0.1, -0.05) is 5.92 Å². The quantitative estimate of drug-likeness (QED) is 0.408. The Labute approximate surface area is 215 Å². The molecule has 3 heterocycles. The second-order valence-electron chi connectivity index (χ2n) is 8.52. The lowest BCUT2D eigenvalue weighted by molar-refractivity contribution is -0.137. The van der Waals surface area contributed by atoms with Crippen LogP contribution in [0.15, 0.2) is 42.5 Å². The fourth-order valence-corrected chi connectivity index (χ4v) is 4.19. The monoisotopic (exact) mass is 523 g/mol. The van der Waals surface area contributed by atoms with Gasteiger partial charge in [0.25, 0.3) is 5.91 Å². The average molecular weight is 523 g/mol. The summed E-state index contributed by atoms with van der Waals surface area (Å²) in [5.41, 5.74) is 4.50. The lowest BCUT2D eigenvalue weighted by Crippen LogP contribution is -2.47. The van der Waals surface area contributed by atoms with Crippen molar-refractivity contribution in [2.75, 3.05) is 28.6 Å². The number of nitrogen functional groups attached to an aromatic ring is 1. The number of aromatic nitrogens is 3. The van der Waals surface area contributed by atoms with E-state index < -0.39 is 35.1 Å². The molecule has 1 atom stereocenters. The number of hydrogen-bond acceptors (Lipinski definition) is 7. The minimum atomic E-state index is -4.77. The van der Waals surface area contributed by atoms with Crippen LogP contribution in [0.2, 0.25) is 0 Å². The van der Waals surface area contributed by atoms with Gasteiger partial charge in [-0.15, -0.1) is 10.2 Å². The SMILES string of the molecule is Cc1cc(C(F)(F)F)c(C#N)c(N2CCC[C@H]2C(=O)N(CC#Cc2ccc(N)nn2)c2ccc(F)cc2)n1. The van der Waals surface area contributed by atoms with E-state index >= 15 is 0 Å². The van der Waals surface area contributed by atoms with Crippen molar-refractivity contribution in [2.45, 2.75) is 32.0 Å². The maximum Gasteiger partial charge on any atom is 0.417 e. The van der Waals surface area contributed by atoms with Gasteiger partial charge in [-0.05, 0) is 68.2 Å². The average Bonchev–Trinajstić information content (AvgIpc) is 3.37. The first-order valence-electron chi connectivity index (χ1n) is 11.5. The second-order valence-corrected chi connectivity index (χ2v) is 8.52. The molecule has 2 aromatic heterocycles. The van der Waals surface area contributed by atoms with Gasteiger partial charge in [0.05, 0.1) is 12.1 Å². The molecular weight excluding hydrogens is 502 g/mol. The van der Waals surface area contributed by atoms with Gasteiger partial charge in [-0.3, -0.25) is 9.69 Å². The Morgan fingerprint density at radius 2 is 1.95 bits per heavy atom. The molecule has 12 heteroatoms. The number of amides is 1. The molecule has 1 fully saturated rings. The number of hydrogen-bond donors (Lipinski definition) is 1. The van der Waals surface area contributed by atoms with Crippen molar-refractivity contribution in [3.8, 4) is 17.9 Å². The standard InChI is InChI=1S/C26H21F4N7O/c1-16-14-21(26(28,29)30)20(15-31)24(33-16)37-13-3-5-22(37)25(38)36(19-9-6-17(27)7-10-19)12-2-4-18-8-11-23(32)35-34-18/h6-11,14,22H,3,5,12-13H2,1H3,(H2,32,35)/t22-/m0/s1. The first-order chi connectivity index (χ1) is 18.1. The van der Waals surface area contributed by atoms with E-state index in [9.17, 15) is 27.6 Å². The number of pyridine rings is 1. The molecule has 194 valence electrons. The maximum atomic E-state index is 13.8. The first-order valence-corrected chi connectivity index (χ1v) is 11.5. The molecule has 1 saturated heterocycles. The molecule has 3 aromatic rings. The van der Waals surface area contributed by atoms with E-state index in [0.717, 1.165) is 6.07 Å². The number of benzene rings is 1. The van der Waals surface area contributed by atoms with E-state index in [-0.39, 0.29) is 30.4 Å². The number of rotatable bonds is 4. The molecule has 2 N–H and O–H groups in total. The lowest BCUT2D eigenvalue weighted by Gasteiger charge is -2.31. The molecule has 1 aliphatic rings. The van der Waals surface area contributed by atoms with Crippen LogP contribution in [-0.4, -0.2) is 40.2 Å². The number of nitrogens with zero attached hydrogens (tertiary/aromatic N) is 6. The van der Waals surface area contributed by atoms with Crippen LogP contribution in [0.1, 0.15) is 35.4 Å². The number of anilines is 3. The molecule has 0 spiro atoms. The molecule has 38 heavy (non-hydrogen) atoms. The molecule has 4 rings (SSSR count). The molecule has 1 aromatic carbocycles. The molecule has 1 amide bonds. The predicted octanol–water partition coefficient (Wildman–Crippen LogP) is 3.85. The summed E-state index contributed by atoms with van der Waals surface area (Å²) in [6, 6.07) is 9.79. The van der Waals surface area contributed by atoms with Crippen molar-refractivity contribution in [3.05, 3.63) is 70.8 Å². The third kappa shape index (κ3) is 5.65. The van der Waals surface area contributed by atoms with Gasteiger partial charge in [0.1, 0.15) is 40.8 Å². The molecule has 0 unspecified atom stereocenters. The summed E-state index contributed by atoms with van der Waals surface area (Å²) >= 11 is 0. The van der Waals surface area contributed by atoms with Crippen LogP contribution in [-0.2, 0) is 11.0 Å². The van der Waals surface area contributed by atoms with Crippen molar-refractivity contribution < 1.29 is 22.4 Å². The Morgan fingerprint density at radius 1 is 1.21 bits per heavy atom. The predicted molar refractivity (Wildman–Crippen MR) is 131 cm³/mol. The normalized spacial score (nSPS) is 14.9. The van der Waals surface area contributed by atoms with Crippen LogP contribution >= 0.6 is 0 Å². The number of nitrogens with two attached hydrogens (primary N) is 1. The number of carbonyl (C=O) groups is 1. The summed E-state index contributed by atoms with van der Waals surface area (Å²) in [6.45, 7) is 1.50. The zero-order valence-electron chi connectivity index (χ0n) is 20.1. The third-order valence-electron chi connectivity index (χ3n) is 5.90. The topological polar surface area (TPSA) is 112 Å². The van der Waals surface area contributed by atoms with Crippen LogP contribution in [0.25, 0.3) is 0 Å². The Balaban J connectivity index is 1.70. The van der Waals surface area contributed by atoms with E-state index in [0.29, 0.717) is 24.2 Å². The van der Waals surface area contributed by atoms with Crippen molar-refractivity contribution in [1.29, 1.82) is 5.26 Å². The number of carbonyl (C=O) groups excluding carboxylic acids is 1. The zero-order valence-corrected chi connectivity index (χ0v) is 20.1. The van der Waals surface area contributed by atoms with Crippen molar-refractivity contribution >= 4 is 23.2 Å². The van der Waals surface area contributed by atoms with Crippen LogP contribution < -0.4 is 15.5 Å². The summed E-state index contributed by atoms with van der Waals surface area (Å²) < 4.78 is 54.7. The van der Waals surface area contributed by atoms with Gasteiger partial charge in [-0.25, -0.2) is 9.37 Å². The number of nitriles is 1. The molecule has 1 aliphatic heterocycles. The Kier molecular flexibility index (Phi) is 7.44. The number of halogens is 4. The van der Waals surface area contributed by atoms with Crippen molar-refractivity contribution in [2.24, 2.45) is 0 Å². The van der Waals surface area contributed by atoms with Crippen molar-refractivity contribution in [3.63, 3.8) is 0 Å². The Hall–Kier alpha value is -4.71. The highest BCUT2D eigenvalue weighted by Crippen LogP contribution is 2.38. The molecule has 0 aliphatic carbocycles. The minimum Gasteiger partial charge on any atom is -0.382 e. The summed E-state index contributed by atoms with van der Waals surface area (Å²) in [6.07, 6.45) is -3.97. The van der Waals surface area contributed by atoms with Crippen LogP contribution in [0.3, 0.4) is 0 Å². The largest absolute Gasteiger partial charge is 0.417 e. The molecule has 8 nitrogen and oxygen atoms in total. The third-order valence-corrected chi connectivity index (χ3v) is 5.90. The maximum absolute atomic E-state index is 13.8.